The maximum absolute atomic E-state index is 12.8. The Morgan fingerprint density at radius 1 is 1.33 bits per heavy atom. The van der Waals surface area contributed by atoms with Crippen LogP contribution in [0.4, 0.5) is 0 Å². The van der Waals surface area contributed by atoms with Gasteiger partial charge in [-0.05, 0) is 11.5 Å². The Labute approximate surface area is 124 Å². The highest BCUT2D eigenvalue weighted by Gasteiger charge is 2.49. The minimum Gasteiger partial charge on any atom is -0.287 e. The Bertz CT molecular complexity index is 565. The van der Waals surface area contributed by atoms with E-state index < -0.39 is 0 Å². The van der Waals surface area contributed by atoms with E-state index in [-0.39, 0.29) is 35.9 Å². The summed E-state index contributed by atoms with van der Waals surface area (Å²) in [5.41, 5.74) is 4.17. The first-order valence-corrected chi connectivity index (χ1v) is 7.40. The lowest BCUT2D eigenvalue weighted by atomic mass is 9.81. The summed E-state index contributed by atoms with van der Waals surface area (Å²) in [6.07, 6.45) is -0.247. The highest BCUT2D eigenvalue weighted by atomic mass is 16.2. The number of carbonyl (C=O) groups is 1. The average molecular weight is 284 g/mol. The first-order chi connectivity index (χ1) is 10.1. The molecule has 5 heteroatoms. The fourth-order valence-electron chi connectivity index (χ4n) is 3.33. The van der Waals surface area contributed by atoms with Gasteiger partial charge < -0.3 is 0 Å². The van der Waals surface area contributed by atoms with Gasteiger partial charge in [0.25, 0.3) is 0 Å². The van der Waals surface area contributed by atoms with E-state index >= 15 is 0 Å². The van der Waals surface area contributed by atoms with E-state index in [1.807, 2.05) is 30.3 Å². The molecule has 1 amide bonds. The summed E-state index contributed by atoms with van der Waals surface area (Å²) in [7, 11) is 0. The van der Waals surface area contributed by atoms with Gasteiger partial charge in [0.2, 0.25) is 5.91 Å². The largest absolute Gasteiger partial charge is 0.287 e. The van der Waals surface area contributed by atoms with Gasteiger partial charge in [-0.1, -0.05) is 44.2 Å². The van der Waals surface area contributed by atoms with Gasteiger partial charge in [-0.15, -0.1) is 0 Å². The molecule has 5 nitrogen and oxygen atoms in total. The Morgan fingerprint density at radius 3 is 2.67 bits per heavy atom. The maximum Gasteiger partial charge on any atom is 0.243 e. The molecule has 1 aromatic rings. The average Bonchev–Trinajstić information content (AvgIpc) is 2.91. The molecule has 0 radical (unpaired) electrons. The van der Waals surface area contributed by atoms with Gasteiger partial charge in [0.15, 0.2) is 0 Å². The molecule has 0 aliphatic carbocycles. The van der Waals surface area contributed by atoms with Crippen LogP contribution in [0.5, 0.6) is 0 Å². The Kier molecular flexibility index (Phi) is 3.66. The maximum atomic E-state index is 12.8. The number of hydrazine groups is 1. The third-order valence-electron chi connectivity index (χ3n) is 4.42. The van der Waals surface area contributed by atoms with Crippen molar-refractivity contribution in [1.82, 2.24) is 15.8 Å². The Morgan fingerprint density at radius 2 is 2.05 bits per heavy atom. The number of rotatable bonds is 2. The fourth-order valence-corrected chi connectivity index (χ4v) is 3.33. The van der Waals surface area contributed by atoms with E-state index in [0.717, 1.165) is 5.56 Å². The van der Waals surface area contributed by atoms with Crippen LogP contribution < -0.4 is 10.7 Å². The number of hydrogen-bond donors (Lipinski definition) is 2. The number of nitrogens with zero attached hydrogens (tertiary/aromatic N) is 2. The van der Waals surface area contributed by atoms with Crippen LogP contribution in [0.15, 0.2) is 30.3 Å². The van der Waals surface area contributed by atoms with Gasteiger partial charge in [0.1, 0.15) is 6.17 Å². The van der Waals surface area contributed by atoms with Crippen LogP contribution in [0.2, 0.25) is 0 Å². The SMILES string of the molecule is CC(C)C1C(=O)N2NCC(C#N)C2NC1c1ccccc1. The highest BCUT2D eigenvalue weighted by molar-refractivity contribution is 5.81. The summed E-state index contributed by atoms with van der Waals surface area (Å²) < 4.78 is 0. The number of fused-ring (bicyclic) bond motifs is 1. The molecule has 110 valence electrons. The number of nitrogens with one attached hydrogen (secondary N) is 2. The molecule has 0 saturated carbocycles. The molecule has 2 aliphatic rings. The topological polar surface area (TPSA) is 68.2 Å². The molecule has 3 rings (SSSR count). The van der Waals surface area contributed by atoms with Crippen molar-refractivity contribution in [3.8, 4) is 6.07 Å². The van der Waals surface area contributed by atoms with E-state index in [4.69, 9.17) is 0 Å². The Balaban J connectivity index is 1.97. The number of carbonyl (C=O) groups excluding carboxylic acids is 1. The summed E-state index contributed by atoms with van der Waals surface area (Å²) in [5.74, 6) is -0.0405. The van der Waals surface area contributed by atoms with Crippen LogP contribution in [-0.4, -0.2) is 23.6 Å². The van der Waals surface area contributed by atoms with Gasteiger partial charge in [0, 0.05) is 12.6 Å². The molecule has 2 aliphatic heterocycles. The molecule has 0 bridgehead atoms. The first kappa shape index (κ1) is 14.1. The fraction of sp³-hybridized carbons (Fsp3) is 0.500. The molecule has 2 heterocycles. The van der Waals surface area contributed by atoms with Gasteiger partial charge in [-0.3, -0.25) is 15.1 Å². The van der Waals surface area contributed by atoms with E-state index in [1.165, 1.54) is 0 Å². The van der Waals surface area contributed by atoms with E-state index in [1.54, 1.807) is 5.01 Å². The zero-order valence-corrected chi connectivity index (χ0v) is 12.3. The van der Waals surface area contributed by atoms with E-state index in [9.17, 15) is 10.1 Å². The predicted molar refractivity (Wildman–Crippen MR) is 78.4 cm³/mol. The van der Waals surface area contributed by atoms with Gasteiger partial charge in [-0.2, -0.15) is 5.26 Å². The van der Waals surface area contributed by atoms with Crippen molar-refractivity contribution in [1.29, 1.82) is 5.26 Å². The van der Waals surface area contributed by atoms with Gasteiger partial charge >= 0.3 is 0 Å². The monoisotopic (exact) mass is 284 g/mol. The molecule has 2 fully saturated rings. The molecule has 4 atom stereocenters. The van der Waals surface area contributed by atoms with Crippen molar-refractivity contribution >= 4 is 5.91 Å². The standard InChI is InChI=1S/C16H20N4O/c1-10(2)13-14(11-6-4-3-5-7-11)19-15-12(8-17)9-18-20(15)16(13)21/h3-7,10,12-15,18-19H,9H2,1-2H3. The molecular weight excluding hydrogens is 264 g/mol. The van der Waals surface area contributed by atoms with Crippen molar-refractivity contribution in [2.75, 3.05) is 6.54 Å². The van der Waals surface area contributed by atoms with Gasteiger partial charge in [0.05, 0.1) is 17.9 Å². The number of hydrogen-bond acceptors (Lipinski definition) is 4. The smallest absolute Gasteiger partial charge is 0.243 e. The summed E-state index contributed by atoms with van der Waals surface area (Å²) in [6, 6.07) is 12.3. The normalized spacial score (nSPS) is 32.1. The third-order valence-corrected chi connectivity index (χ3v) is 4.42. The Hall–Kier alpha value is -1.90. The minimum atomic E-state index is -0.247. The van der Waals surface area contributed by atoms with Crippen molar-refractivity contribution in [2.45, 2.75) is 26.1 Å². The molecule has 0 aromatic heterocycles. The second-order valence-corrected chi connectivity index (χ2v) is 6.08. The molecule has 21 heavy (non-hydrogen) atoms. The van der Waals surface area contributed by atoms with Crippen molar-refractivity contribution < 1.29 is 4.79 Å². The van der Waals surface area contributed by atoms with Crippen LogP contribution in [0.25, 0.3) is 0 Å². The molecule has 2 N–H and O–H groups in total. The van der Waals surface area contributed by atoms with Crippen LogP contribution in [0, 0.1) is 29.1 Å². The second kappa shape index (κ2) is 5.47. The zero-order valence-electron chi connectivity index (χ0n) is 12.3. The van der Waals surface area contributed by atoms with E-state index in [2.05, 4.69) is 30.7 Å². The summed E-state index contributed by atoms with van der Waals surface area (Å²) in [6.45, 7) is 4.66. The van der Waals surface area contributed by atoms with E-state index in [0.29, 0.717) is 6.54 Å². The van der Waals surface area contributed by atoms with Crippen molar-refractivity contribution in [3.05, 3.63) is 35.9 Å². The lowest BCUT2D eigenvalue weighted by Crippen LogP contribution is -2.61. The highest BCUT2D eigenvalue weighted by Crippen LogP contribution is 2.36. The lowest BCUT2D eigenvalue weighted by Gasteiger charge is -2.43. The minimum absolute atomic E-state index is 0.0456. The third kappa shape index (κ3) is 2.31. The molecular formula is C16H20N4O. The van der Waals surface area contributed by atoms with Crippen LogP contribution >= 0.6 is 0 Å². The molecule has 2 saturated heterocycles. The van der Waals surface area contributed by atoms with Crippen molar-refractivity contribution in [3.63, 3.8) is 0 Å². The van der Waals surface area contributed by atoms with Crippen LogP contribution in [0.3, 0.4) is 0 Å². The molecule has 4 unspecified atom stereocenters. The summed E-state index contributed by atoms with van der Waals surface area (Å²) in [4.78, 5) is 12.8. The number of benzene rings is 1. The number of amides is 1. The van der Waals surface area contributed by atoms with Crippen LogP contribution in [0.1, 0.15) is 25.5 Å². The lowest BCUT2D eigenvalue weighted by molar-refractivity contribution is -0.148. The number of nitriles is 1. The van der Waals surface area contributed by atoms with Crippen molar-refractivity contribution in [2.24, 2.45) is 17.8 Å². The molecule has 0 spiro atoms. The summed E-state index contributed by atoms with van der Waals surface area (Å²) in [5, 5.41) is 14.4. The second-order valence-electron chi connectivity index (χ2n) is 6.08. The predicted octanol–water partition coefficient (Wildman–Crippen LogP) is 1.42. The quantitative estimate of drug-likeness (QED) is 0.862. The summed E-state index contributed by atoms with van der Waals surface area (Å²) >= 11 is 0. The molecule has 1 aromatic carbocycles. The van der Waals surface area contributed by atoms with Crippen LogP contribution in [-0.2, 0) is 4.79 Å². The zero-order chi connectivity index (χ0) is 15.0. The van der Waals surface area contributed by atoms with Gasteiger partial charge in [-0.25, -0.2) is 5.43 Å². The first-order valence-electron chi connectivity index (χ1n) is 7.40.